The molecule has 1 aliphatic carbocycles. The van der Waals surface area contributed by atoms with Crippen LogP contribution in [0.15, 0.2) is 59.1 Å². The number of fused-ring (bicyclic) bond motifs is 1. The van der Waals surface area contributed by atoms with Gasteiger partial charge in [-0.05, 0) is 66.7 Å². The zero-order valence-corrected chi connectivity index (χ0v) is 16.0. The van der Waals surface area contributed by atoms with Gasteiger partial charge in [0, 0.05) is 27.7 Å². The third-order valence-corrected chi connectivity index (χ3v) is 5.80. The Kier molecular flexibility index (Phi) is 4.92. The van der Waals surface area contributed by atoms with E-state index < -0.39 is 5.72 Å². The summed E-state index contributed by atoms with van der Waals surface area (Å²) in [5, 5.41) is 12.8. The molecule has 1 atom stereocenters. The molecule has 0 amide bonds. The summed E-state index contributed by atoms with van der Waals surface area (Å²) < 4.78 is 0. The fraction of sp³-hybridized carbons (Fsp3) is 0.318. The van der Waals surface area contributed by atoms with Crippen LogP contribution < -0.4 is 0 Å². The van der Waals surface area contributed by atoms with Gasteiger partial charge >= 0.3 is 0 Å². The predicted molar refractivity (Wildman–Crippen MR) is 109 cm³/mol. The highest BCUT2D eigenvalue weighted by Crippen LogP contribution is 2.43. The third kappa shape index (κ3) is 3.46. The molecule has 0 spiro atoms. The van der Waals surface area contributed by atoms with E-state index in [1.807, 2.05) is 48.5 Å². The molecule has 134 valence electrons. The first kappa shape index (κ1) is 17.8. The number of hydrogen-bond acceptors (Lipinski definition) is 2. The SMILES string of the molecule is O[C@@]1(c2ccc(Cl)cc2)CC(c2ccc(Cl)cc2)=C2CCCCCC2=N1. The van der Waals surface area contributed by atoms with E-state index >= 15 is 0 Å². The summed E-state index contributed by atoms with van der Waals surface area (Å²) in [6.07, 6.45) is 5.90. The summed E-state index contributed by atoms with van der Waals surface area (Å²) >= 11 is 12.1. The molecule has 2 aromatic rings. The number of aliphatic hydroxyl groups is 1. The van der Waals surface area contributed by atoms with Crippen LogP contribution in [0, 0.1) is 0 Å². The number of nitrogens with zero attached hydrogens (tertiary/aromatic N) is 1. The second-order valence-corrected chi connectivity index (χ2v) is 7.96. The first-order valence-corrected chi connectivity index (χ1v) is 9.86. The Morgan fingerprint density at radius 3 is 2.08 bits per heavy atom. The van der Waals surface area contributed by atoms with Crippen molar-refractivity contribution in [2.75, 3.05) is 0 Å². The van der Waals surface area contributed by atoms with Crippen LogP contribution in [0.1, 0.15) is 49.7 Å². The van der Waals surface area contributed by atoms with Gasteiger partial charge in [-0.1, -0.05) is 53.9 Å². The van der Waals surface area contributed by atoms with Crippen LogP contribution in [0.5, 0.6) is 0 Å². The number of hydrogen-bond donors (Lipinski definition) is 1. The van der Waals surface area contributed by atoms with Gasteiger partial charge in [0.05, 0.1) is 0 Å². The smallest absolute Gasteiger partial charge is 0.186 e. The van der Waals surface area contributed by atoms with Gasteiger partial charge in [0.2, 0.25) is 0 Å². The van der Waals surface area contributed by atoms with E-state index in [0.717, 1.165) is 41.1 Å². The Morgan fingerprint density at radius 2 is 1.38 bits per heavy atom. The van der Waals surface area contributed by atoms with Crippen LogP contribution in [0.2, 0.25) is 10.0 Å². The lowest BCUT2D eigenvalue weighted by atomic mass is 9.83. The molecular weight excluding hydrogens is 365 g/mol. The second kappa shape index (κ2) is 7.19. The van der Waals surface area contributed by atoms with Gasteiger partial charge in [-0.3, -0.25) is 4.99 Å². The lowest BCUT2D eigenvalue weighted by Gasteiger charge is -2.33. The number of aliphatic imine (C=N–C) groups is 1. The monoisotopic (exact) mass is 385 g/mol. The van der Waals surface area contributed by atoms with Crippen molar-refractivity contribution in [2.24, 2.45) is 4.99 Å². The van der Waals surface area contributed by atoms with Crippen LogP contribution in [0.25, 0.3) is 5.57 Å². The number of allylic oxidation sites excluding steroid dienone is 1. The van der Waals surface area contributed by atoms with Gasteiger partial charge in [0.1, 0.15) is 0 Å². The maximum Gasteiger partial charge on any atom is 0.186 e. The minimum Gasteiger partial charge on any atom is -0.365 e. The molecule has 0 unspecified atom stereocenters. The van der Waals surface area contributed by atoms with Gasteiger partial charge < -0.3 is 5.11 Å². The minimum atomic E-state index is -1.25. The van der Waals surface area contributed by atoms with Crippen molar-refractivity contribution in [2.45, 2.75) is 44.2 Å². The summed E-state index contributed by atoms with van der Waals surface area (Å²) in [4.78, 5) is 4.83. The highest BCUT2D eigenvalue weighted by atomic mass is 35.5. The third-order valence-electron chi connectivity index (χ3n) is 5.30. The summed E-state index contributed by atoms with van der Waals surface area (Å²) in [5.74, 6) is 0. The van der Waals surface area contributed by atoms with E-state index in [1.54, 1.807) is 0 Å². The number of rotatable bonds is 2. The quantitative estimate of drug-likeness (QED) is 0.636. The Balaban J connectivity index is 1.83. The summed E-state index contributed by atoms with van der Waals surface area (Å²) in [5.41, 5.74) is 4.20. The number of benzene rings is 2. The van der Waals surface area contributed by atoms with Crippen LogP contribution in [-0.2, 0) is 5.72 Å². The van der Waals surface area contributed by atoms with Crippen LogP contribution in [-0.4, -0.2) is 10.8 Å². The Bertz CT molecular complexity index is 868. The molecule has 1 fully saturated rings. The topological polar surface area (TPSA) is 32.6 Å². The van der Waals surface area contributed by atoms with Gasteiger partial charge in [-0.2, -0.15) is 0 Å². The van der Waals surface area contributed by atoms with E-state index in [1.165, 1.54) is 24.0 Å². The molecule has 26 heavy (non-hydrogen) atoms. The maximum absolute atomic E-state index is 11.5. The fourth-order valence-corrected chi connectivity index (χ4v) is 4.19. The Morgan fingerprint density at radius 1 is 0.769 bits per heavy atom. The minimum absolute atomic E-state index is 0.467. The Hall–Kier alpha value is -1.61. The van der Waals surface area contributed by atoms with E-state index in [2.05, 4.69) is 0 Å². The van der Waals surface area contributed by atoms with Crippen LogP contribution >= 0.6 is 23.2 Å². The average molecular weight is 386 g/mol. The molecule has 0 bridgehead atoms. The molecule has 0 radical (unpaired) electrons. The van der Waals surface area contributed by atoms with Gasteiger partial charge in [0.25, 0.3) is 0 Å². The fourth-order valence-electron chi connectivity index (χ4n) is 3.94. The number of dihydropyridines is 1. The van der Waals surface area contributed by atoms with Crippen molar-refractivity contribution >= 4 is 34.5 Å². The van der Waals surface area contributed by atoms with Crippen molar-refractivity contribution < 1.29 is 5.11 Å². The van der Waals surface area contributed by atoms with E-state index in [9.17, 15) is 5.11 Å². The molecule has 0 saturated heterocycles. The van der Waals surface area contributed by atoms with Crippen molar-refractivity contribution in [1.29, 1.82) is 0 Å². The van der Waals surface area contributed by atoms with E-state index in [-0.39, 0.29) is 0 Å². The Labute approximate surface area is 164 Å². The highest BCUT2D eigenvalue weighted by molar-refractivity contribution is 6.30. The van der Waals surface area contributed by atoms with Crippen molar-refractivity contribution in [1.82, 2.24) is 0 Å². The summed E-state index contributed by atoms with van der Waals surface area (Å²) in [6, 6.07) is 15.3. The zero-order chi connectivity index (χ0) is 18.1. The lowest BCUT2D eigenvalue weighted by molar-refractivity contribution is 0.0505. The molecule has 1 saturated carbocycles. The molecule has 2 nitrogen and oxygen atoms in total. The largest absolute Gasteiger partial charge is 0.365 e. The first-order valence-electron chi connectivity index (χ1n) is 9.11. The highest BCUT2D eigenvalue weighted by Gasteiger charge is 2.36. The predicted octanol–water partition coefficient (Wildman–Crippen LogP) is 6.40. The second-order valence-electron chi connectivity index (χ2n) is 7.08. The molecule has 0 aromatic heterocycles. The van der Waals surface area contributed by atoms with Crippen molar-refractivity contribution in [3.8, 4) is 0 Å². The number of halogens is 2. The molecular formula is C22H21Cl2NO. The molecule has 1 heterocycles. The molecule has 1 aliphatic heterocycles. The van der Waals surface area contributed by atoms with E-state index in [4.69, 9.17) is 28.2 Å². The lowest BCUT2D eigenvalue weighted by Crippen LogP contribution is -2.30. The van der Waals surface area contributed by atoms with Gasteiger partial charge in [0.15, 0.2) is 5.72 Å². The zero-order valence-electron chi connectivity index (χ0n) is 14.5. The maximum atomic E-state index is 11.5. The van der Waals surface area contributed by atoms with Crippen LogP contribution in [0.3, 0.4) is 0 Å². The summed E-state index contributed by atoms with van der Waals surface area (Å²) in [6.45, 7) is 0. The molecule has 4 heteroatoms. The van der Waals surface area contributed by atoms with Crippen molar-refractivity contribution in [3.63, 3.8) is 0 Å². The molecule has 2 aliphatic rings. The average Bonchev–Trinajstić information content (AvgIpc) is 2.87. The molecule has 4 rings (SSSR count). The molecule has 2 aromatic carbocycles. The molecule has 1 N–H and O–H groups in total. The van der Waals surface area contributed by atoms with E-state index in [0.29, 0.717) is 11.4 Å². The normalized spacial score (nSPS) is 23.3. The summed E-state index contributed by atoms with van der Waals surface area (Å²) in [7, 11) is 0. The van der Waals surface area contributed by atoms with Gasteiger partial charge in [-0.25, -0.2) is 0 Å². The van der Waals surface area contributed by atoms with Crippen molar-refractivity contribution in [3.05, 3.63) is 75.3 Å². The van der Waals surface area contributed by atoms with Gasteiger partial charge in [-0.15, -0.1) is 0 Å². The van der Waals surface area contributed by atoms with Crippen LogP contribution in [0.4, 0.5) is 0 Å². The first-order chi connectivity index (χ1) is 12.5. The standard InChI is InChI=1S/C22H21Cl2NO/c23-17-10-6-15(7-11-17)20-14-22(26,16-8-12-18(24)13-9-16)25-21-5-3-1-2-4-19(20)21/h6-13,26H,1-5,14H2/t22-/m1/s1.